The zero-order chi connectivity index (χ0) is 14.4. The van der Waals surface area contributed by atoms with Gasteiger partial charge in [-0.2, -0.15) is 0 Å². The van der Waals surface area contributed by atoms with Crippen LogP contribution in [0.2, 0.25) is 0 Å². The zero-order valence-electron chi connectivity index (χ0n) is 13.7. The Hall–Kier alpha value is -0.280. The number of halogens is 1. The van der Waals surface area contributed by atoms with Crippen LogP contribution in [-0.4, -0.2) is 25.0 Å². The maximum Gasteiger partial charge on any atom is 0.220 e. The molecule has 1 amide bonds. The van der Waals surface area contributed by atoms with Crippen molar-refractivity contribution in [2.75, 3.05) is 13.1 Å². The highest BCUT2D eigenvalue weighted by molar-refractivity contribution is 5.85. The highest BCUT2D eigenvalue weighted by atomic mass is 35.5. The summed E-state index contributed by atoms with van der Waals surface area (Å²) < 4.78 is 0. The van der Waals surface area contributed by atoms with E-state index in [-0.39, 0.29) is 18.3 Å². The Kier molecular flexibility index (Phi) is 8.65. The standard InChI is InChI=1S/C17H32N2O.ClH/c1-13(16-6-4-3-5-7-16)14(2)19-17(20)9-8-15-10-11-18-12-15;/h13-16,18H,3-12H2,1-2H3,(H,19,20);1H. The Morgan fingerprint density at radius 3 is 2.52 bits per heavy atom. The van der Waals surface area contributed by atoms with Crippen molar-refractivity contribution >= 4 is 18.3 Å². The van der Waals surface area contributed by atoms with E-state index < -0.39 is 0 Å². The molecule has 2 rings (SSSR count). The molecule has 3 atom stereocenters. The molecule has 0 spiro atoms. The first-order chi connectivity index (χ1) is 9.66. The summed E-state index contributed by atoms with van der Waals surface area (Å²) in [5, 5.41) is 6.61. The van der Waals surface area contributed by atoms with Crippen LogP contribution in [0, 0.1) is 17.8 Å². The maximum absolute atomic E-state index is 12.1. The summed E-state index contributed by atoms with van der Waals surface area (Å²) in [6, 6.07) is 0.326. The van der Waals surface area contributed by atoms with E-state index in [9.17, 15) is 4.79 Å². The lowest BCUT2D eigenvalue weighted by molar-refractivity contribution is -0.122. The molecule has 1 aliphatic carbocycles. The number of hydrogen-bond acceptors (Lipinski definition) is 2. The van der Waals surface area contributed by atoms with Crippen molar-refractivity contribution in [2.45, 2.75) is 71.3 Å². The van der Waals surface area contributed by atoms with Gasteiger partial charge in [-0.25, -0.2) is 0 Å². The van der Waals surface area contributed by atoms with Crippen molar-refractivity contribution in [3.05, 3.63) is 0 Å². The first-order valence-corrected chi connectivity index (χ1v) is 8.67. The smallest absolute Gasteiger partial charge is 0.220 e. The molecule has 1 saturated carbocycles. The Balaban J connectivity index is 0.00000220. The van der Waals surface area contributed by atoms with Gasteiger partial charge in [0.15, 0.2) is 0 Å². The number of carbonyl (C=O) groups is 1. The van der Waals surface area contributed by atoms with Crippen LogP contribution in [0.25, 0.3) is 0 Å². The molecule has 1 heterocycles. The van der Waals surface area contributed by atoms with Crippen molar-refractivity contribution in [1.29, 1.82) is 0 Å². The fraction of sp³-hybridized carbons (Fsp3) is 0.941. The second-order valence-electron chi connectivity index (χ2n) is 7.01. The lowest BCUT2D eigenvalue weighted by atomic mass is 9.78. The van der Waals surface area contributed by atoms with Gasteiger partial charge in [-0.05, 0) is 50.6 Å². The van der Waals surface area contributed by atoms with E-state index in [1.807, 2.05) is 0 Å². The summed E-state index contributed by atoms with van der Waals surface area (Å²) in [7, 11) is 0. The second-order valence-corrected chi connectivity index (χ2v) is 7.01. The molecule has 124 valence electrons. The normalized spacial score (nSPS) is 25.9. The summed E-state index contributed by atoms with van der Waals surface area (Å²) in [6.45, 7) is 6.73. The third-order valence-corrected chi connectivity index (χ3v) is 5.51. The number of carbonyl (C=O) groups excluding carboxylic acids is 1. The summed E-state index contributed by atoms with van der Waals surface area (Å²) >= 11 is 0. The van der Waals surface area contributed by atoms with Gasteiger partial charge in [0.1, 0.15) is 0 Å². The number of amides is 1. The molecule has 0 aromatic rings. The first-order valence-electron chi connectivity index (χ1n) is 8.67. The molecular formula is C17H33ClN2O. The van der Waals surface area contributed by atoms with Crippen LogP contribution in [0.1, 0.15) is 65.2 Å². The second kappa shape index (κ2) is 9.68. The fourth-order valence-electron chi connectivity index (χ4n) is 3.82. The molecule has 2 fully saturated rings. The molecule has 1 saturated heterocycles. The van der Waals surface area contributed by atoms with Gasteiger partial charge in [-0.3, -0.25) is 4.79 Å². The Morgan fingerprint density at radius 1 is 1.19 bits per heavy atom. The van der Waals surface area contributed by atoms with Crippen LogP contribution in [0.5, 0.6) is 0 Å². The number of rotatable bonds is 6. The number of hydrogen-bond donors (Lipinski definition) is 2. The van der Waals surface area contributed by atoms with Gasteiger partial charge in [0.2, 0.25) is 5.91 Å². The molecular weight excluding hydrogens is 284 g/mol. The Morgan fingerprint density at radius 2 is 1.90 bits per heavy atom. The predicted octanol–water partition coefficient (Wildman–Crippen LogP) is 3.52. The SMILES string of the molecule is CC(NC(=O)CCC1CCNC1)C(C)C1CCCCC1.Cl. The van der Waals surface area contributed by atoms with Crippen molar-refractivity contribution in [3.63, 3.8) is 0 Å². The highest BCUT2D eigenvalue weighted by Crippen LogP contribution is 2.31. The summed E-state index contributed by atoms with van der Waals surface area (Å²) in [6.07, 6.45) is 9.86. The summed E-state index contributed by atoms with van der Waals surface area (Å²) in [5.41, 5.74) is 0. The van der Waals surface area contributed by atoms with E-state index in [4.69, 9.17) is 0 Å². The Labute approximate surface area is 136 Å². The molecule has 1 aliphatic heterocycles. The molecule has 0 aromatic carbocycles. The van der Waals surface area contributed by atoms with Gasteiger partial charge < -0.3 is 10.6 Å². The minimum Gasteiger partial charge on any atom is -0.353 e. The molecule has 0 radical (unpaired) electrons. The van der Waals surface area contributed by atoms with Crippen molar-refractivity contribution < 1.29 is 4.79 Å². The van der Waals surface area contributed by atoms with Crippen LogP contribution in [0.15, 0.2) is 0 Å². The zero-order valence-corrected chi connectivity index (χ0v) is 14.5. The average molecular weight is 317 g/mol. The average Bonchev–Trinajstić information content (AvgIpc) is 2.98. The van der Waals surface area contributed by atoms with Gasteiger partial charge in [0.05, 0.1) is 0 Å². The topological polar surface area (TPSA) is 41.1 Å². The van der Waals surface area contributed by atoms with Crippen LogP contribution >= 0.6 is 12.4 Å². The van der Waals surface area contributed by atoms with E-state index in [0.29, 0.717) is 24.3 Å². The van der Waals surface area contributed by atoms with Gasteiger partial charge >= 0.3 is 0 Å². The van der Waals surface area contributed by atoms with E-state index >= 15 is 0 Å². The lowest BCUT2D eigenvalue weighted by Crippen LogP contribution is -2.40. The quantitative estimate of drug-likeness (QED) is 0.787. The third-order valence-electron chi connectivity index (χ3n) is 5.51. The summed E-state index contributed by atoms with van der Waals surface area (Å²) in [4.78, 5) is 12.1. The van der Waals surface area contributed by atoms with Crippen molar-refractivity contribution in [2.24, 2.45) is 17.8 Å². The molecule has 2 N–H and O–H groups in total. The first kappa shape index (κ1) is 18.8. The van der Waals surface area contributed by atoms with Gasteiger partial charge in [0.25, 0.3) is 0 Å². The minimum atomic E-state index is 0. The largest absolute Gasteiger partial charge is 0.353 e. The van der Waals surface area contributed by atoms with Crippen LogP contribution < -0.4 is 10.6 Å². The van der Waals surface area contributed by atoms with Crippen LogP contribution in [0.3, 0.4) is 0 Å². The van der Waals surface area contributed by atoms with Crippen molar-refractivity contribution in [1.82, 2.24) is 10.6 Å². The predicted molar refractivity (Wildman–Crippen MR) is 90.8 cm³/mol. The van der Waals surface area contributed by atoms with Gasteiger partial charge in [0, 0.05) is 12.5 Å². The van der Waals surface area contributed by atoms with E-state index in [1.165, 1.54) is 38.5 Å². The molecule has 0 aromatic heterocycles. The monoisotopic (exact) mass is 316 g/mol. The van der Waals surface area contributed by atoms with E-state index in [2.05, 4.69) is 24.5 Å². The van der Waals surface area contributed by atoms with Gasteiger partial charge in [-0.1, -0.05) is 39.0 Å². The molecule has 3 unspecified atom stereocenters. The number of nitrogens with one attached hydrogen (secondary N) is 2. The maximum atomic E-state index is 12.1. The van der Waals surface area contributed by atoms with Crippen LogP contribution in [-0.2, 0) is 4.79 Å². The highest BCUT2D eigenvalue weighted by Gasteiger charge is 2.25. The lowest BCUT2D eigenvalue weighted by Gasteiger charge is -2.32. The minimum absolute atomic E-state index is 0. The van der Waals surface area contributed by atoms with E-state index in [0.717, 1.165) is 25.4 Å². The van der Waals surface area contributed by atoms with E-state index in [1.54, 1.807) is 0 Å². The molecule has 4 heteroatoms. The fourth-order valence-corrected chi connectivity index (χ4v) is 3.82. The van der Waals surface area contributed by atoms with Crippen LogP contribution in [0.4, 0.5) is 0 Å². The molecule has 21 heavy (non-hydrogen) atoms. The Bertz CT molecular complexity index is 299. The summed E-state index contributed by atoms with van der Waals surface area (Å²) in [5.74, 6) is 2.41. The molecule has 3 nitrogen and oxygen atoms in total. The third kappa shape index (κ3) is 6.15. The molecule has 2 aliphatic rings. The molecule has 0 bridgehead atoms. The van der Waals surface area contributed by atoms with Crippen molar-refractivity contribution in [3.8, 4) is 0 Å². The van der Waals surface area contributed by atoms with Gasteiger partial charge in [-0.15, -0.1) is 12.4 Å².